The number of hydrogen-bond donors (Lipinski definition) is 0. The Morgan fingerprint density at radius 1 is 1.09 bits per heavy atom. The van der Waals surface area contributed by atoms with Crippen molar-refractivity contribution in [3.8, 4) is 0 Å². The Kier molecular flexibility index (Phi) is 8.49. The van der Waals surface area contributed by atoms with Crippen LogP contribution < -0.4 is 5.43 Å². The third-order valence-corrected chi connectivity index (χ3v) is 5.83. The number of halogens is 3. The lowest BCUT2D eigenvalue weighted by Gasteiger charge is -2.14. The first-order valence-electron chi connectivity index (χ1n) is 10.9. The number of nitrogens with zero attached hydrogens (tertiary/aromatic N) is 1. The van der Waals surface area contributed by atoms with Crippen LogP contribution in [0.1, 0.15) is 69.8 Å². The van der Waals surface area contributed by atoms with E-state index in [9.17, 15) is 9.59 Å². The molecule has 0 aliphatic carbocycles. The molecule has 8 heteroatoms. The summed E-state index contributed by atoms with van der Waals surface area (Å²) in [5.74, 6) is -1.02. The van der Waals surface area contributed by atoms with Crippen molar-refractivity contribution in [3.05, 3.63) is 49.7 Å². The molecule has 0 N–H and O–H groups in total. The number of rotatable bonds is 10. The molecular weight excluding hydrogens is 456 g/mol. The van der Waals surface area contributed by atoms with Gasteiger partial charge in [0.1, 0.15) is 0 Å². The predicted molar refractivity (Wildman–Crippen MR) is 125 cm³/mol. The van der Waals surface area contributed by atoms with Crippen LogP contribution in [-0.2, 0) is 16.0 Å². The highest BCUT2D eigenvalue weighted by Gasteiger charge is 2.27. The Bertz CT molecular complexity index is 1180. The van der Waals surface area contributed by atoms with Gasteiger partial charge in [-0.2, -0.15) is 0 Å². The number of fused-ring (bicyclic) bond motifs is 2. The molecule has 172 valence electrons. The van der Waals surface area contributed by atoms with Gasteiger partial charge in [0.2, 0.25) is 17.3 Å². The Morgan fingerprint density at radius 2 is 1.81 bits per heavy atom. The van der Waals surface area contributed by atoms with Crippen LogP contribution in [0.2, 0.25) is 10.0 Å². The molecule has 0 aliphatic heterocycles. The maximum Gasteiger partial charge on any atom is 0.347 e. The molecule has 0 bridgehead atoms. The van der Waals surface area contributed by atoms with Crippen molar-refractivity contribution in [1.82, 2.24) is 4.98 Å². The fourth-order valence-corrected chi connectivity index (χ4v) is 4.24. The summed E-state index contributed by atoms with van der Waals surface area (Å²) in [5.41, 5.74) is 0.0773. The first kappa shape index (κ1) is 24.5. The SMILES string of the molecule is CCCCCCCCc1cc2c(=O)c3cc(Cl)cc(Cl)c3oc2nc1C(F)C(=O)OCC. The maximum absolute atomic E-state index is 15.0. The Morgan fingerprint density at radius 3 is 2.53 bits per heavy atom. The maximum atomic E-state index is 15.0. The average Bonchev–Trinajstić information content (AvgIpc) is 2.76. The number of pyridine rings is 1. The molecule has 3 aromatic rings. The van der Waals surface area contributed by atoms with Crippen LogP contribution in [0.25, 0.3) is 22.1 Å². The van der Waals surface area contributed by atoms with Crippen molar-refractivity contribution in [1.29, 1.82) is 0 Å². The van der Waals surface area contributed by atoms with E-state index in [-0.39, 0.29) is 44.8 Å². The summed E-state index contributed by atoms with van der Waals surface area (Å²) in [6, 6.07) is 4.49. The highest BCUT2D eigenvalue weighted by Crippen LogP contribution is 2.31. The summed E-state index contributed by atoms with van der Waals surface area (Å²) in [6.07, 6.45) is 4.71. The monoisotopic (exact) mass is 481 g/mol. The van der Waals surface area contributed by atoms with E-state index in [1.54, 1.807) is 13.0 Å². The van der Waals surface area contributed by atoms with Crippen molar-refractivity contribution in [3.63, 3.8) is 0 Å². The van der Waals surface area contributed by atoms with Crippen LogP contribution in [0.15, 0.2) is 27.4 Å². The van der Waals surface area contributed by atoms with Crippen molar-refractivity contribution in [2.45, 2.75) is 65.0 Å². The lowest BCUT2D eigenvalue weighted by molar-refractivity contribution is -0.149. The topological polar surface area (TPSA) is 69.4 Å². The van der Waals surface area contributed by atoms with Gasteiger partial charge in [-0.1, -0.05) is 62.2 Å². The van der Waals surface area contributed by atoms with Crippen molar-refractivity contribution < 1.29 is 18.3 Å². The van der Waals surface area contributed by atoms with E-state index in [4.69, 9.17) is 32.4 Å². The molecule has 0 aliphatic rings. The number of aryl methyl sites for hydroxylation is 1. The van der Waals surface area contributed by atoms with Crippen molar-refractivity contribution in [2.24, 2.45) is 0 Å². The summed E-state index contributed by atoms with van der Waals surface area (Å²) >= 11 is 12.2. The summed E-state index contributed by atoms with van der Waals surface area (Å²) in [6.45, 7) is 3.81. The van der Waals surface area contributed by atoms with Crippen LogP contribution in [0.4, 0.5) is 4.39 Å². The highest BCUT2D eigenvalue weighted by atomic mass is 35.5. The Hall–Kier alpha value is -2.18. The first-order valence-corrected chi connectivity index (χ1v) is 11.7. The molecule has 1 unspecified atom stereocenters. The molecule has 0 radical (unpaired) electrons. The molecule has 2 heterocycles. The molecule has 3 rings (SSSR count). The number of benzene rings is 1. The van der Waals surface area contributed by atoms with Crippen LogP contribution in [0.3, 0.4) is 0 Å². The first-order chi connectivity index (χ1) is 15.4. The minimum absolute atomic E-state index is 0.0513. The van der Waals surface area contributed by atoms with Crippen molar-refractivity contribution in [2.75, 3.05) is 6.61 Å². The van der Waals surface area contributed by atoms with Gasteiger partial charge in [0, 0.05) is 5.02 Å². The van der Waals surface area contributed by atoms with Gasteiger partial charge in [0.05, 0.1) is 28.1 Å². The number of unbranched alkanes of at least 4 members (excludes halogenated alkanes) is 5. The Balaban J connectivity index is 2.07. The second kappa shape index (κ2) is 11.1. The lowest BCUT2D eigenvalue weighted by Crippen LogP contribution is -2.16. The van der Waals surface area contributed by atoms with E-state index in [0.717, 1.165) is 32.1 Å². The third kappa shape index (κ3) is 5.41. The van der Waals surface area contributed by atoms with Crippen molar-refractivity contribution >= 4 is 51.2 Å². The summed E-state index contributed by atoms with van der Waals surface area (Å²) < 4.78 is 25.6. The fraction of sp³-hybridized carbons (Fsp3) is 0.458. The zero-order valence-corrected chi connectivity index (χ0v) is 19.7. The zero-order chi connectivity index (χ0) is 23.3. The Labute approximate surface area is 195 Å². The number of carbonyl (C=O) groups is 1. The standard InChI is InChI=1S/C24H26Cl2FNO4/c1-3-5-6-7-8-9-10-14-11-17-21(29)16-12-15(25)13-18(26)22(16)32-23(17)28-20(14)19(27)24(30)31-4-2/h11-13,19H,3-10H2,1-2H3. The zero-order valence-electron chi connectivity index (χ0n) is 18.2. The van der Waals surface area contributed by atoms with Gasteiger partial charge in [-0.15, -0.1) is 0 Å². The van der Waals surface area contributed by atoms with E-state index in [1.165, 1.54) is 18.6 Å². The van der Waals surface area contributed by atoms with Crippen LogP contribution in [0, 0.1) is 0 Å². The van der Waals surface area contributed by atoms with Crippen LogP contribution >= 0.6 is 23.2 Å². The largest absolute Gasteiger partial charge is 0.464 e. The molecule has 1 aromatic carbocycles. The van der Waals surface area contributed by atoms with Crippen LogP contribution in [0.5, 0.6) is 0 Å². The summed E-state index contributed by atoms with van der Waals surface area (Å²) in [4.78, 5) is 29.4. The smallest absolute Gasteiger partial charge is 0.347 e. The minimum Gasteiger partial charge on any atom is -0.464 e. The number of esters is 1. The van der Waals surface area contributed by atoms with Gasteiger partial charge in [0.15, 0.2) is 5.58 Å². The van der Waals surface area contributed by atoms with Crippen LogP contribution in [-0.4, -0.2) is 17.6 Å². The number of aromatic nitrogens is 1. The molecule has 1 atom stereocenters. The highest BCUT2D eigenvalue weighted by molar-refractivity contribution is 6.38. The predicted octanol–water partition coefficient (Wildman–Crippen LogP) is 7.12. The third-order valence-electron chi connectivity index (χ3n) is 5.33. The van der Waals surface area contributed by atoms with Gasteiger partial charge in [-0.3, -0.25) is 4.79 Å². The normalized spacial score (nSPS) is 12.4. The van der Waals surface area contributed by atoms with E-state index < -0.39 is 12.1 Å². The molecule has 5 nitrogen and oxygen atoms in total. The second-order valence-corrected chi connectivity index (χ2v) is 8.56. The molecule has 0 saturated heterocycles. The van der Waals surface area contributed by atoms with Gasteiger partial charge in [0.25, 0.3) is 0 Å². The van der Waals surface area contributed by atoms with Gasteiger partial charge < -0.3 is 9.15 Å². The van der Waals surface area contributed by atoms with E-state index in [2.05, 4.69) is 11.9 Å². The summed E-state index contributed by atoms with van der Waals surface area (Å²) in [7, 11) is 0. The molecule has 0 saturated carbocycles. The fourth-order valence-electron chi connectivity index (χ4n) is 3.71. The van der Waals surface area contributed by atoms with Gasteiger partial charge in [-0.25, -0.2) is 14.2 Å². The number of carbonyl (C=O) groups excluding carboxylic acids is 1. The average molecular weight is 482 g/mol. The van der Waals surface area contributed by atoms with E-state index in [1.807, 2.05) is 0 Å². The number of alkyl halides is 1. The molecule has 32 heavy (non-hydrogen) atoms. The lowest BCUT2D eigenvalue weighted by atomic mass is 10.00. The summed E-state index contributed by atoms with van der Waals surface area (Å²) in [5, 5.41) is 0.860. The van der Waals surface area contributed by atoms with E-state index >= 15 is 4.39 Å². The quantitative estimate of drug-likeness (QED) is 0.175. The van der Waals surface area contributed by atoms with Gasteiger partial charge in [-0.05, 0) is 43.5 Å². The number of hydrogen-bond acceptors (Lipinski definition) is 5. The molecule has 0 amide bonds. The minimum atomic E-state index is -2.07. The molecular formula is C24H26Cl2FNO4. The number of ether oxygens (including phenoxy) is 1. The van der Waals surface area contributed by atoms with E-state index in [0.29, 0.717) is 17.0 Å². The molecule has 0 fully saturated rings. The van der Waals surface area contributed by atoms with Gasteiger partial charge >= 0.3 is 5.97 Å². The second-order valence-electron chi connectivity index (χ2n) is 7.71. The molecule has 2 aromatic heterocycles. The molecule has 0 spiro atoms.